The normalized spacial score (nSPS) is 11.5. The Bertz CT molecular complexity index is 325. The number of benzene rings is 1. The first kappa shape index (κ1) is 11.2. The van der Waals surface area contributed by atoms with Gasteiger partial charge < -0.3 is 10.6 Å². The molecule has 1 aromatic rings. The van der Waals surface area contributed by atoms with Crippen LogP contribution in [0, 0.1) is 0 Å². The first-order chi connectivity index (χ1) is 7.24. The van der Waals surface area contributed by atoms with Crippen molar-refractivity contribution in [2.24, 2.45) is 0 Å². The van der Waals surface area contributed by atoms with Gasteiger partial charge in [0.2, 0.25) is 12.3 Å². The lowest BCUT2D eigenvalue weighted by Crippen LogP contribution is -2.34. The molecule has 0 aliphatic carbocycles. The van der Waals surface area contributed by atoms with E-state index in [9.17, 15) is 9.59 Å². The summed E-state index contributed by atoms with van der Waals surface area (Å²) >= 11 is 0. The van der Waals surface area contributed by atoms with Gasteiger partial charge in [-0.3, -0.25) is 9.59 Å². The zero-order valence-electron chi connectivity index (χ0n) is 8.57. The summed E-state index contributed by atoms with van der Waals surface area (Å²) in [5.74, 6) is -0.196. The summed E-state index contributed by atoms with van der Waals surface area (Å²) in [5.41, 5.74) is 1.04. The quantitative estimate of drug-likeness (QED) is 0.693. The Morgan fingerprint density at radius 2 is 2.07 bits per heavy atom. The lowest BCUT2D eigenvalue weighted by Gasteiger charge is -2.13. The van der Waals surface area contributed by atoms with Crippen LogP contribution in [0.5, 0.6) is 0 Å². The zero-order valence-corrected chi connectivity index (χ0v) is 8.57. The molecule has 1 aromatic carbocycles. The molecule has 80 valence electrons. The Morgan fingerprint density at radius 1 is 1.40 bits per heavy atom. The van der Waals surface area contributed by atoms with Crippen LogP contribution in [0.3, 0.4) is 0 Å². The molecule has 0 heterocycles. The average molecular weight is 206 g/mol. The maximum Gasteiger partial charge on any atom is 0.239 e. The summed E-state index contributed by atoms with van der Waals surface area (Å²) in [5, 5.41) is 5.08. The number of amides is 2. The molecule has 0 aromatic heterocycles. The first-order valence-corrected chi connectivity index (χ1v) is 4.75. The van der Waals surface area contributed by atoms with Crippen LogP contribution in [-0.4, -0.2) is 18.9 Å². The zero-order chi connectivity index (χ0) is 11.1. The Kier molecular flexibility index (Phi) is 4.34. The Hall–Kier alpha value is -1.84. The number of carbonyl (C=O) groups is 2. The minimum absolute atomic E-state index is 0.0146. The molecule has 0 aliphatic heterocycles. The minimum atomic E-state index is -0.196. The summed E-state index contributed by atoms with van der Waals surface area (Å²) < 4.78 is 0. The maximum absolute atomic E-state index is 11.3. The molecule has 2 amide bonds. The summed E-state index contributed by atoms with van der Waals surface area (Å²) in [6.07, 6.45) is 0.507. The van der Waals surface area contributed by atoms with Gasteiger partial charge in [-0.1, -0.05) is 30.3 Å². The van der Waals surface area contributed by atoms with Crippen LogP contribution in [-0.2, 0) is 9.59 Å². The molecule has 4 nitrogen and oxygen atoms in total. The molecular weight excluding hydrogens is 192 g/mol. The highest BCUT2D eigenvalue weighted by molar-refractivity contribution is 5.80. The van der Waals surface area contributed by atoms with E-state index in [2.05, 4.69) is 10.6 Å². The van der Waals surface area contributed by atoms with E-state index in [0.29, 0.717) is 6.41 Å². The number of hydrogen-bond donors (Lipinski definition) is 2. The lowest BCUT2D eigenvalue weighted by molar-refractivity contribution is -0.122. The molecule has 1 atom stereocenters. The van der Waals surface area contributed by atoms with Gasteiger partial charge in [0.15, 0.2) is 0 Å². The van der Waals surface area contributed by atoms with E-state index in [0.717, 1.165) is 5.56 Å². The molecule has 4 heteroatoms. The van der Waals surface area contributed by atoms with E-state index in [4.69, 9.17) is 0 Å². The van der Waals surface area contributed by atoms with Gasteiger partial charge >= 0.3 is 0 Å². The average Bonchev–Trinajstić information content (AvgIpc) is 2.27. The Balaban J connectivity index is 2.45. The predicted molar refractivity (Wildman–Crippen MR) is 57.1 cm³/mol. The molecule has 0 saturated heterocycles. The minimum Gasteiger partial charge on any atom is -0.350 e. The van der Waals surface area contributed by atoms with Crippen LogP contribution in [0.2, 0.25) is 0 Å². The fraction of sp³-hybridized carbons (Fsp3) is 0.273. The summed E-state index contributed by atoms with van der Waals surface area (Å²) in [7, 11) is 0. The smallest absolute Gasteiger partial charge is 0.239 e. The van der Waals surface area contributed by atoms with Crippen molar-refractivity contribution >= 4 is 12.3 Å². The second kappa shape index (κ2) is 5.80. The van der Waals surface area contributed by atoms with Crippen LogP contribution in [0.25, 0.3) is 0 Å². The highest BCUT2D eigenvalue weighted by Gasteiger charge is 2.07. The van der Waals surface area contributed by atoms with Gasteiger partial charge in [-0.05, 0) is 12.5 Å². The monoisotopic (exact) mass is 206 g/mol. The number of hydrogen-bond acceptors (Lipinski definition) is 2. The summed E-state index contributed by atoms with van der Waals surface area (Å²) in [6.45, 7) is 1.91. The number of rotatable bonds is 5. The van der Waals surface area contributed by atoms with E-state index in [-0.39, 0.29) is 18.5 Å². The van der Waals surface area contributed by atoms with E-state index in [1.54, 1.807) is 0 Å². The van der Waals surface area contributed by atoms with Gasteiger partial charge in [0.05, 0.1) is 12.6 Å². The fourth-order valence-electron chi connectivity index (χ4n) is 1.25. The summed E-state index contributed by atoms with van der Waals surface area (Å²) in [6, 6.07) is 9.60. The van der Waals surface area contributed by atoms with Gasteiger partial charge in [-0.2, -0.15) is 0 Å². The van der Waals surface area contributed by atoms with E-state index in [1.165, 1.54) is 0 Å². The molecular formula is C11H14N2O2. The van der Waals surface area contributed by atoms with Crippen molar-refractivity contribution < 1.29 is 9.59 Å². The van der Waals surface area contributed by atoms with Crippen molar-refractivity contribution in [1.29, 1.82) is 0 Å². The largest absolute Gasteiger partial charge is 0.350 e. The third-order valence-electron chi connectivity index (χ3n) is 2.02. The first-order valence-electron chi connectivity index (χ1n) is 4.75. The Morgan fingerprint density at radius 3 is 2.67 bits per heavy atom. The van der Waals surface area contributed by atoms with Gasteiger partial charge in [0, 0.05) is 0 Å². The fourth-order valence-corrected chi connectivity index (χ4v) is 1.25. The SMILES string of the molecule is C[C@@H](NC(=O)CNC=O)c1ccccc1. The Labute approximate surface area is 88.7 Å². The standard InChI is InChI=1S/C11H14N2O2/c1-9(10-5-3-2-4-6-10)13-11(15)7-12-8-14/h2-6,8-9H,7H2,1H3,(H,12,14)(H,13,15)/t9-/m1/s1. The van der Waals surface area contributed by atoms with E-state index >= 15 is 0 Å². The van der Waals surface area contributed by atoms with Crippen LogP contribution in [0.15, 0.2) is 30.3 Å². The van der Waals surface area contributed by atoms with Crippen LogP contribution in [0.1, 0.15) is 18.5 Å². The molecule has 0 spiro atoms. The number of nitrogens with one attached hydrogen (secondary N) is 2. The molecule has 0 saturated carbocycles. The third-order valence-corrected chi connectivity index (χ3v) is 2.02. The van der Waals surface area contributed by atoms with Crippen molar-refractivity contribution in [3.05, 3.63) is 35.9 Å². The third kappa shape index (κ3) is 3.81. The van der Waals surface area contributed by atoms with E-state index < -0.39 is 0 Å². The second-order valence-electron chi connectivity index (χ2n) is 3.20. The lowest BCUT2D eigenvalue weighted by atomic mass is 10.1. The van der Waals surface area contributed by atoms with Gasteiger partial charge in [0.25, 0.3) is 0 Å². The predicted octanol–water partition coefficient (Wildman–Crippen LogP) is 0.610. The maximum atomic E-state index is 11.3. The van der Waals surface area contributed by atoms with Gasteiger partial charge in [-0.25, -0.2) is 0 Å². The van der Waals surface area contributed by atoms with Crippen molar-refractivity contribution in [2.45, 2.75) is 13.0 Å². The molecule has 15 heavy (non-hydrogen) atoms. The van der Waals surface area contributed by atoms with Crippen LogP contribution >= 0.6 is 0 Å². The van der Waals surface area contributed by atoms with Gasteiger partial charge in [-0.15, -0.1) is 0 Å². The number of carbonyl (C=O) groups excluding carboxylic acids is 2. The van der Waals surface area contributed by atoms with Crippen molar-refractivity contribution in [2.75, 3.05) is 6.54 Å². The molecule has 0 bridgehead atoms. The highest BCUT2D eigenvalue weighted by atomic mass is 16.2. The van der Waals surface area contributed by atoms with Crippen LogP contribution in [0.4, 0.5) is 0 Å². The molecule has 0 radical (unpaired) electrons. The molecule has 0 aliphatic rings. The second-order valence-corrected chi connectivity index (χ2v) is 3.20. The molecule has 0 unspecified atom stereocenters. The van der Waals surface area contributed by atoms with Crippen molar-refractivity contribution in [3.63, 3.8) is 0 Å². The highest BCUT2D eigenvalue weighted by Crippen LogP contribution is 2.10. The van der Waals surface area contributed by atoms with Crippen molar-refractivity contribution in [3.8, 4) is 0 Å². The molecule has 2 N–H and O–H groups in total. The molecule has 0 fully saturated rings. The topological polar surface area (TPSA) is 58.2 Å². The molecule has 1 rings (SSSR count). The van der Waals surface area contributed by atoms with Crippen molar-refractivity contribution in [1.82, 2.24) is 10.6 Å². The van der Waals surface area contributed by atoms with Crippen LogP contribution < -0.4 is 10.6 Å². The summed E-state index contributed by atoms with van der Waals surface area (Å²) in [4.78, 5) is 21.2. The van der Waals surface area contributed by atoms with E-state index in [1.807, 2.05) is 37.3 Å². The van der Waals surface area contributed by atoms with Gasteiger partial charge in [0.1, 0.15) is 0 Å².